The third kappa shape index (κ3) is 5.14. The number of hydrogen-bond acceptors (Lipinski definition) is 0. The Labute approximate surface area is 193 Å². The molecule has 0 saturated heterocycles. The van der Waals surface area contributed by atoms with E-state index in [1.54, 1.807) is 0 Å². The first-order valence-corrected chi connectivity index (χ1v) is 13.6. The summed E-state index contributed by atoms with van der Waals surface area (Å²) in [5, 5.41) is 0. The highest BCUT2D eigenvalue weighted by Crippen LogP contribution is 2.72. The van der Waals surface area contributed by atoms with Crippen molar-refractivity contribution in [3.05, 3.63) is 6.42 Å². The molecule has 0 nitrogen and oxygen atoms in total. The van der Waals surface area contributed by atoms with E-state index in [4.69, 9.17) is 0 Å². The zero-order valence-corrected chi connectivity index (χ0v) is 23.8. The average molecular weight is 422 g/mol. The fourth-order valence-corrected chi connectivity index (χ4v) is 8.03. The van der Waals surface area contributed by atoms with Gasteiger partial charge in [-0.25, -0.2) is 0 Å². The van der Waals surface area contributed by atoms with Crippen LogP contribution in [0, 0.1) is 51.8 Å². The molecule has 0 aromatic carbocycles. The lowest BCUT2D eigenvalue weighted by atomic mass is 9.34. The van der Waals surface area contributed by atoms with Crippen LogP contribution in [0.4, 0.5) is 0 Å². The Balaban J connectivity index is 7.48. The Morgan fingerprint density at radius 1 is 0.767 bits per heavy atom. The van der Waals surface area contributed by atoms with Crippen LogP contribution in [0.2, 0.25) is 0 Å². The molecule has 0 spiro atoms. The van der Waals surface area contributed by atoms with E-state index in [2.05, 4.69) is 103 Å². The fourth-order valence-electron chi connectivity index (χ4n) is 8.03. The second-order valence-electron chi connectivity index (χ2n) is 12.3. The van der Waals surface area contributed by atoms with E-state index in [-0.39, 0.29) is 16.2 Å². The first kappa shape index (κ1) is 30.0. The lowest BCUT2D eigenvalue weighted by Gasteiger charge is -2.70. The predicted octanol–water partition coefficient (Wildman–Crippen LogP) is 10.6. The van der Waals surface area contributed by atoms with Crippen molar-refractivity contribution in [2.45, 2.75) is 142 Å². The van der Waals surface area contributed by atoms with Gasteiger partial charge in [-0.15, -0.1) is 0 Å². The molecule has 0 fully saturated rings. The molecule has 0 bridgehead atoms. The maximum atomic E-state index is 2.78. The van der Waals surface area contributed by atoms with Crippen molar-refractivity contribution < 1.29 is 0 Å². The Morgan fingerprint density at radius 2 is 1.27 bits per heavy atom. The van der Waals surface area contributed by atoms with Gasteiger partial charge >= 0.3 is 0 Å². The first-order chi connectivity index (χ1) is 13.7. The zero-order valence-electron chi connectivity index (χ0n) is 23.8. The van der Waals surface area contributed by atoms with Crippen LogP contribution in [0.5, 0.6) is 0 Å². The second kappa shape index (κ2) is 11.7. The fraction of sp³-hybridized carbons (Fsp3) is 0.967. The highest BCUT2D eigenvalue weighted by atomic mass is 14.7. The van der Waals surface area contributed by atoms with Gasteiger partial charge in [-0.1, -0.05) is 129 Å². The monoisotopic (exact) mass is 421 g/mol. The van der Waals surface area contributed by atoms with Gasteiger partial charge in [0, 0.05) is 0 Å². The molecule has 0 saturated carbocycles. The van der Waals surface area contributed by atoms with Crippen LogP contribution in [-0.4, -0.2) is 0 Å². The average Bonchev–Trinajstić information content (AvgIpc) is 2.66. The van der Waals surface area contributed by atoms with E-state index < -0.39 is 0 Å². The lowest BCUT2D eigenvalue weighted by Crippen LogP contribution is -2.64. The molecular weight excluding hydrogens is 360 g/mol. The molecule has 0 aliphatic heterocycles. The van der Waals surface area contributed by atoms with Crippen molar-refractivity contribution in [3.8, 4) is 0 Å². The largest absolute Gasteiger partial charge is 0.0654 e. The third-order valence-electron chi connectivity index (χ3n) is 10.1. The predicted molar refractivity (Wildman–Crippen MR) is 140 cm³/mol. The van der Waals surface area contributed by atoms with E-state index >= 15 is 0 Å². The summed E-state index contributed by atoms with van der Waals surface area (Å²) in [7, 11) is 0. The van der Waals surface area contributed by atoms with Crippen molar-refractivity contribution in [2.24, 2.45) is 45.3 Å². The van der Waals surface area contributed by atoms with E-state index in [1.165, 1.54) is 38.5 Å². The molecule has 1 radical (unpaired) electrons. The van der Waals surface area contributed by atoms with Crippen LogP contribution in [0.25, 0.3) is 0 Å². The van der Waals surface area contributed by atoms with Crippen LogP contribution in [0.1, 0.15) is 142 Å². The maximum Gasteiger partial charge on any atom is -0.0128 e. The van der Waals surface area contributed by atoms with Crippen molar-refractivity contribution in [1.29, 1.82) is 0 Å². The first-order valence-electron chi connectivity index (χ1n) is 13.6. The third-order valence-corrected chi connectivity index (χ3v) is 10.1. The van der Waals surface area contributed by atoms with Crippen LogP contribution in [0.15, 0.2) is 0 Å². The molecule has 0 N–H and O–H groups in total. The van der Waals surface area contributed by atoms with Crippen LogP contribution >= 0.6 is 0 Å². The van der Waals surface area contributed by atoms with Gasteiger partial charge in [0.25, 0.3) is 0 Å². The highest BCUT2D eigenvalue weighted by molar-refractivity contribution is 5.18. The van der Waals surface area contributed by atoms with Crippen molar-refractivity contribution >= 4 is 0 Å². The maximum absolute atomic E-state index is 2.78. The number of rotatable bonds is 15. The molecule has 5 unspecified atom stereocenters. The lowest BCUT2D eigenvalue weighted by molar-refractivity contribution is -0.203. The Bertz CT molecular complexity index is 468. The van der Waals surface area contributed by atoms with E-state index in [9.17, 15) is 0 Å². The molecule has 0 aliphatic carbocycles. The van der Waals surface area contributed by atoms with Crippen molar-refractivity contribution in [1.82, 2.24) is 0 Å². The van der Waals surface area contributed by atoms with Gasteiger partial charge < -0.3 is 0 Å². The zero-order chi connectivity index (χ0) is 24.0. The van der Waals surface area contributed by atoms with E-state index in [0.717, 1.165) is 18.3 Å². The van der Waals surface area contributed by atoms with Gasteiger partial charge in [0.2, 0.25) is 0 Å². The molecule has 0 aromatic rings. The molecule has 0 amide bonds. The topological polar surface area (TPSA) is 0 Å². The van der Waals surface area contributed by atoms with Gasteiger partial charge in [-0.3, -0.25) is 0 Å². The van der Waals surface area contributed by atoms with Gasteiger partial charge in [0.05, 0.1) is 0 Å². The van der Waals surface area contributed by atoms with Crippen molar-refractivity contribution in [3.63, 3.8) is 0 Å². The second-order valence-corrected chi connectivity index (χ2v) is 12.3. The summed E-state index contributed by atoms with van der Waals surface area (Å²) >= 11 is 0. The van der Waals surface area contributed by atoms with E-state index in [1.807, 2.05) is 0 Å². The Hall–Kier alpha value is 0. The summed E-state index contributed by atoms with van der Waals surface area (Å²) in [6.45, 7) is 35.3. The van der Waals surface area contributed by atoms with Gasteiger partial charge in [0.1, 0.15) is 0 Å². The standard InChI is InChI=1S/C30H61/c1-15-20-27(11,12)29(14,21-16-2)30(25(9)22-23(6)7,26(10)24(8)17-3)28(13,18-4)19-5/h21,23-26H,15-20,22H2,1-14H3. The van der Waals surface area contributed by atoms with Crippen LogP contribution in [-0.2, 0) is 0 Å². The SMILES string of the molecule is CC[CH]C(C)(C(C)(C)CCC)C(C(C)CC(C)C)(C(C)C(C)CC)C(C)(CC)CC. The highest BCUT2D eigenvalue weighted by Gasteiger charge is 2.66. The molecule has 0 aliphatic rings. The molecule has 5 atom stereocenters. The minimum absolute atomic E-state index is 0.183. The number of hydrogen-bond donors (Lipinski definition) is 0. The summed E-state index contributed by atoms with van der Waals surface area (Å²) in [6.07, 6.45) is 11.6. The molecule has 0 heterocycles. The molecule has 0 rings (SSSR count). The minimum Gasteiger partial charge on any atom is -0.0654 e. The molecule has 181 valence electrons. The summed E-state index contributed by atoms with van der Waals surface area (Å²) in [4.78, 5) is 0. The molecular formula is C30H61. The Kier molecular flexibility index (Phi) is 11.7. The van der Waals surface area contributed by atoms with Crippen LogP contribution in [0.3, 0.4) is 0 Å². The van der Waals surface area contributed by atoms with Gasteiger partial charge in [-0.2, -0.15) is 0 Å². The quantitative estimate of drug-likeness (QED) is 0.246. The Morgan fingerprint density at radius 3 is 1.60 bits per heavy atom. The summed E-state index contributed by atoms with van der Waals surface area (Å²) < 4.78 is 0. The normalized spacial score (nSPS) is 20.5. The minimum atomic E-state index is 0.183. The van der Waals surface area contributed by atoms with Crippen molar-refractivity contribution in [2.75, 3.05) is 0 Å². The summed E-state index contributed by atoms with van der Waals surface area (Å²) in [6, 6.07) is 0. The van der Waals surface area contributed by atoms with E-state index in [0.29, 0.717) is 17.3 Å². The summed E-state index contributed by atoms with van der Waals surface area (Å²) in [5.74, 6) is 2.85. The van der Waals surface area contributed by atoms with Crippen LogP contribution < -0.4 is 0 Å². The molecule has 0 heteroatoms. The van der Waals surface area contributed by atoms with Gasteiger partial charge in [-0.05, 0) is 64.6 Å². The van der Waals surface area contributed by atoms with Gasteiger partial charge in [0.15, 0.2) is 0 Å². The molecule has 30 heavy (non-hydrogen) atoms. The summed E-state index contributed by atoms with van der Waals surface area (Å²) in [5.41, 5.74) is 1.03. The molecule has 0 aromatic heterocycles. The smallest absolute Gasteiger partial charge is 0.0128 e.